The Hall–Kier alpha value is -0.750. The summed E-state index contributed by atoms with van der Waals surface area (Å²) in [5.74, 6) is 1.48. The highest BCUT2D eigenvalue weighted by Gasteiger charge is 2.23. The Morgan fingerprint density at radius 3 is 2.48 bits per heavy atom. The Morgan fingerprint density at radius 1 is 1.33 bits per heavy atom. The van der Waals surface area contributed by atoms with Crippen LogP contribution in [0.4, 0.5) is 4.79 Å². The van der Waals surface area contributed by atoms with Crippen LogP contribution in [0.15, 0.2) is 4.99 Å². The van der Waals surface area contributed by atoms with Gasteiger partial charge in [0.15, 0.2) is 0 Å². The molecule has 0 bridgehead atoms. The minimum absolute atomic E-state index is 0.120. The van der Waals surface area contributed by atoms with Gasteiger partial charge in [-0.25, -0.2) is 4.79 Å². The summed E-state index contributed by atoms with van der Waals surface area (Å²) >= 11 is 1.77. The van der Waals surface area contributed by atoms with Crippen LogP contribution >= 0.6 is 11.8 Å². The van der Waals surface area contributed by atoms with Crippen molar-refractivity contribution in [2.24, 2.45) is 16.6 Å². The van der Waals surface area contributed by atoms with Crippen LogP contribution < -0.4 is 11.1 Å². The molecule has 0 spiro atoms. The zero-order valence-electron chi connectivity index (χ0n) is 13.6. The van der Waals surface area contributed by atoms with E-state index >= 15 is 0 Å². The van der Waals surface area contributed by atoms with Crippen molar-refractivity contribution in [2.45, 2.75) is 71.7 Å². The average molecular weight is 315 g/mol. The van der Waals surface area contributed by atoms with Crippen molar-refractivity contribution in [1.82, 2.24) is 5.32 Å². The largest absolute Gasteiger partial charge is 0.447 e. The van der Waals surface area contributed by atoms with E-state index in [1.165, 1.54) is 0 Å². The van der Waals surface area contributed by atoms with Crippen molar-refractivity contribution in [3.05, 3.63) is 0 Å². The molecule has 122 valence electrons. The van der Waals surface area contributed by atoms with Gasteiger partial charge < -0.3 is 10.5 Å². The van der Waals surface area contributed by atoms with Gasteiger partial charge in [0.1, 0.15) is 6.17 Å². The molecule has 0 aromatic carbocycles. The van der Waals surface area contributed by atoms with Crippen LogP contribution in [-0.2, 0) is 4.74 Å². The van der Waals surface area contributed by atoms with Crippen LogP contribution in [-0.4, -0.2) is 35.2 Å². The van der Waals surface area contributed by atoms with E-state index in [4.69, 9.17) is 10.5 Å². The van der Waals surface area contributed by atoms with Gasteiger partial charge in [-0.3, -0.25) is 10.3 Å². The van der Waals surface area contributed by atoms with Crippen molar-refractivity contribution in [2.75, 3.05) is 5.75 Å². The molecule has 21 heavy (non-hydrogen) atoms. The summed E-state index contributed by atoms with van der Waals surface area (Å²) < 4.78 is 5.08. The number of carbonyl (C=O) groups is 1. The van der Waals surface area contributed by atoms with E-state index in [-0.39, 0.29) is 12.3 Å². The second-order valence-electron chi connectivity index (χ2n) is 5.79. The number of amides is 1. The molecule has 0 aliphatic heterocycles. The smallest absolute Gasteiger partial charge is 0.409 e. The summed E-state index contributed by atoms with van der Waals surface area (Å²) in [4.78, 5) is 16.3. The predicted octanol–water partition coefficient (Wildman–Crippen LogP) is 3.14. The molecule has 1 aliphatic carbocycles. The van der Waals surface area contributed by atoms with Crippen molar-refractivity contribution in [3.63, 3.8) is 0 Å². The molecule has 1 fully saturated rings. The van der Waals surface area contributed by atoms with Gasteiger partial charge in [-0.1, -0.05) is 6.92 Å². The van der Waals surface area contributed by atoms with Crippen LogP contribution in [0.5, 0.6) is 0 Å². The van der Waals surface area contributed by atoms with Crippen molar-refractivity contribution in [1.29, 1.82) is 0 Å². The Labute approximate surface area is 132 Å². The first kappa shape index (κ1) is 18.3. The number of hydrogen-bond donors (Lipinski definition) is 2. The van der Waals surface area contributed by atoms with E-state index in [1.54, 1.807) is 11.8 Å². The first-order valence-corrected chi connectivity index (χ1v) is 8.84. The lowest BCUT2D eigenvalue weighted by Gasteiger charge is -2.27. The molecule has 5 nitrogen and oxygen atoms in total. The molecule has 3 N–H and O–H groups in total. The third kappa shape index (κ3) is 7.18. The van der Waals surface area contributed by atoms with Crippen molar-refractivity contribution >= 4 is 22.9 Å². The molecule has 0 radical (unpaired) electrons. The third-order valence-electron chi connectivity index (χ3n) is 3.40. The lowest BCUT2D eigenvalue weighted by Crippen LogP contribution is -2.35. The summed E-state index contributed by atoms with van der Waals surface area (Å²) in [6.45, 7) is 7.67. The zero-order chi connectivity index (χ0) is 15.8. The SMILES string of the molecule is CCSC(=NC(C)NC(=O)OC(C)C)C1CCC(N)CC1. The number of alkyl carbamates (subject to hydrolysis) is 1. The van der Waals surface area contributed by atoms with E-state index in [1.807, 2.05) is 20.8 Å². The number of nitrogens with two attached hydrogens (primary N) is 1. The topological polar surface area (TPSA) is 76.7 Å². The van der Waals surface area contributed by atoms with Gasteiger partial charge in [-0.2, -0.15) is 0 Å². The van der Waals surface area contributed by atoms with E-state index in [2.05, 4.69) is 17.2 Å². The highest BCUT2D eigenvalue weighted by atomic mass is 32.2. The van der Waals surface area contributed by atoms with Crippen molar-refractivity contribution < 1.29 is 9.53 Å². The first-order chi connectivity index (χ1) is 9.92. The molecule has 0 aromatic heterocycles. The van der Waals surface area contributed by atoms with Gasteiger partial charge in [0.25, 0.3) is 0 Å². The molecule has 1 rings (SSSR count). The second-order valence-corrected chi connectivity index (χ2v) is 7.07. The predicted molar refractivity (Wildman–Crippen MR) is 89.7 cm³/mol. The molecular weight excluding hydrogens is 286 g/mol. The molecule has 1 atom stereocenters. The van der Waals surface area contributed by atoms with Gasteiger partial charge >= 0.3 is 6.09 Å². The Morgan fingerprint density at radius 2 is 1.95 bits per heavy atom. The second kappa shape index (κ2) is 9.30. The van der Waals surface area contributed by atoms with E-state index in [0.29, 0.717) is 12.0 Å². The zero-order valence-corrected chi connectivity index (χ0v) is 14.4. The maximum absolute atomic E-state index is 11.6. The Kier molecular flexibility index (Phi) is 8.11. The summed E-state index contributed by atoms with van der Waals surface area (Å²) in [7, 11) is 0. The number of hydrogen-bond acceptors (Lipinski definition) is 5. The summed E-state index contributed by atoms with van der Waals surface area (Å²) in [6, 6.07) is 0.339. The number of carbonyl (C=O) groups excluding carboxylic acids is 1. The van der Waals surface area contributed by atoms with Crippen molar-refractivity contribution in [3.8, 4) is 0 Å². The number of aliphatic imine (C=N–C) groups is 1. The number of thioether (sulfide) groups is 1. The van der Waals surface area contributed by atoms with Crippen LogP contribution in [0.25, 0.3) is 0 Å². The fourth-order valence-corrected chi connectivity index (χ4v) is 3.42. The normalized spacial score (nSPS) is 24.8. The van der Waals surface area contributed by atoms with Crippen LogP contribution in [0, 0.1) is 5.92 Å². The third-order valence-corrected chi connectivity index (χ3v) is 4.43. The Balaban J connectivity index is 2.59. The van der Waals surface area contributed by atoms with Gasteiger partial charge in [0.2, 0.25) is 0 Å². The molecule has 1 aliphatic rings. The summed E-state index contributed by atoms with van der Waals surface area (Å²) in [6.07, 6.45) is 3.52. The molecule has 1 unspecified atom stereocenters. The average Bonchev–Trinajstić information content (AvgIpc) is 2.37. The highest BCUT2D eigenvalue weighted by Crippen LogP contribution is 2.29. The summed E-state index contributed by atoms with van der Waals surface area (Å²) in [5.41, 5.74) is 5.96. The van der Waals surface area contributed by atoms with Gasteiger partial charge in [-0.15, -0.1) is 11.8 Å². The van der Waals surface area contributed by atoms with E-state index < -0.39 is 6.09 Å². The quantitative estimate of drug-likeness (QED) is 0.603. The lowest BCUT2D eigenvalue weighted by molar-refractivity contribution is 0.113. The van der Waals surface area contributed by atoms with E-state index in [9.17, 15) is 4.79 Å². The minimum Gasteiger partial charge on any atom is -0.447 e. The van der Waals surface area contributed by atoms with Crippen LogP contribution in [0.2, 0.25) is 0 Å². The number of ether oxygens (including phenoxy) is 1. The maximum Gasteiger partial charge on any atom is 0.409 e. The first-order valence-electron chi connectivity index (χ1n) is 7.85. The van der Waals surface area contributed by atoms with Crippen LogP contribution in [0.3, 0.4) is 0 Å². The Bertz CT molecular complexity index is 353. The van der Waals surface area contributed by atoms with Gasteiger partial charge in [0, 0.05) is 12.0 Å². The molecule has 0 saturated heterocycles. The number of nitrogens with zero attached hydrogens (tertiary/aromatic N) is 1. The highest BCUT2D eigenvalue weighted by molar-refractivity contribution is 8.13. The maximum atomic E-state index is 11.6. The van der Waals surface area contributed by atoms with Gasteiger partial charge in [-0.05, 0) is 52.2 Å². The molecule has 6 heteroatoms. The standard InChI is InChI=1S/C15H29N3O2S/c1-5-21-14(12-6-8-13(16)9-7-12)17-11(4)18-15(19)20-10(2)3/h10-13H,5-9,16H2,1-4H3,(H,18,19). The monoisotopic (exact) mass is 315 g/mol. The molecule has 1 saturated carbocycles. The number of rotatable bonds is 5. The lowest BCUT2D eigenvalue weighted by atomic mass is 9.87. The number of nitrogens with one attached hydrogen (secondary N) is 1. The van der Waals surface area contributed by atoms with E-state index in [0.717, 1.165) is 36.5 Å². The van der Waals surface area contributed by atoms with Gasteiger partial charge in [0.05, 0.1) is 11.1 Å². The van der Waals surface area contributed by atoms with Crippen LogP contribution in [0.1, 0.15) is 53.4 Å². The fourth-order valence-electron chi connectivity index (χ4n) is 2.42. The molecule has 0 heterocycles. The minimum atomic E-state index is -0.409. The fraction of sp³-hybridized carbons (Fsp3) is 0.867. The molecular formula is C15H29N3O2S. The molecule has 1 amide bonds. The summed E-state index contributed by atoms with van der Waals surface area (Å²) in [5, 5.41) is 3.90. The molecule has 0 aromatic rings.